The quantitative estimate of drug-likeness (QED) is 0.0733. The molecule has 1 aromatic heterocycles. The molecule has 2 unspecified atom stereocenters. The van der Waals surface area contributed by atoms with E-state index in [-0.39, 0.29) is 30.4 Å². The molecule has 0 bridgehead atoms. The second-order valence-corrected chi connectivity index (χ2v) is 13.9. The van der Waals surface area contributed by atoms with Crippen LogP contribution in [0.2, 0.25) is 6.32 Å². The van der Waals surface area contributed by atoms with E-state index in [1.165, 1.54) is 0 Å². The number of ether oxygens (including phenoxy) is 1. The Hall–Kier alpha value is -4.31. The number of methoxy groups -OCH3 is 1. The third kappa shape index (κ3) is 7.20. The zero-order valence-corrected chi connectivity index (χ0v) is 29.5. The molecule has 1 aliphatic heterocycles. The summed E-state index contributed by atoms with van der Waals surface area (Å²) in [6.07, 6.45) is 3.46. The van der Waals surface area contributed by atoms with Gasteiger partial charge < -0.3 is 14.0 Å². The Labute approximate surface area is 291 Å². The average molecular weight is 658 g/mol. The van der Waals surface area contributed by atoms with Crippen LogP contribution in [0.15, 0.2) is 115 Å². The number of nitrogens with one attached hydrogen (secondary N) is 1. The molecule has 1 fully saturated rings. The lowest BCUT2D eigenvalue weighted by Crippen LogP contribution is -2.47. The summed E-state index contributed by atoms with van der Waals surface area (Å²) in [6, 6.07) is 39.8. The van der Waals surface area contributed by atoms with Crippen LogP contribution >= 0.6 is 0 Å². The Kier molecular flexibility index (Phi) is 10.3. The van der Waals surface area contributed by atoms with E-state index in [1.54, 1.807) is 7.11 Å². The average Bonchev–Trinajstić information content (AvgIpc) is 3.69. The first-order valence-corrected chi connectivity index (χ1v) is 17.4. The lowest BCUT2D eigenvalue weighted by Gasteiger charge is -2.40. The maximum atomic E-state index is 6.33. The lowest BCUT2D eigenvalue weighted by atomic mass is 9.76. The van der Waals surface area contributed by atoms with Crippen LogP contribution < -0.4 is 10.1 Å². The van der Waals surface area contributed by atoms with Gasteiger partial charge in [-0.15, -0.1) is 5.10 Å². The molecule has 0 amide bonds. The van der Waals surface area contributed by atoms with Crippen molar-refractivity contribution in [3.63, 3.8) is 0 Å². The Morgan fingerprint density at radius 2 is 1.27 bits per heavy atom. The molecule has 8 nitrogen and oxygen atoms in total. The van der Waals surface area contributed by atoms with Gasteiger partial charge in [-0.2, -0.15) is 0 Å². The minimum atomic E-state index is -0.694. The molecule has 0 radical (unpaired) electrons. The summed E-state index contributed by atoms with van der Waals surface area (Å²) < 4.78 is 20.0. The van der Waals surface area contributed by atoms with Crippen LogP contribution in [-0.4, -0.2) is 45.6 Å². The van der Waals surface area contributed by atoms with E-state index in [4.69, 9.17) is 19.1 Å². The van der Waals surface area contributed by atoms with Crippen LogP contribution in [0.3, 0.4) is 0 Å². The fraction of sp³-hybridized carbons (Fsp3) is 0.375. The molecule has 2 atom stereocenters. The highest BCUT2D eigenvalue weighted by molar-refractivity contribution is 6.45. The largest absolute Gasteiger partial charge is 0.497 e. The topological polar surface area (TPSA) is 83.3 Å². The zero-order valence-electron chi connectivity index (χ0n) is 29.5. The summed E-state index contributed by atoms with van der Waals surface area (Å²) in [5.74, 6) is 1.60. The van der Waals surface area contributed by atoms with Crippen molar-refractivity contribution in [2.75, 3.05) is 7.11 Å². The first-order chi connectivity index (χ1) is 23.6. The van der Waals surface area contributed by atoms with E-state index in [1.807, 2.05) is 16.8 Å². The molecule has 1 N–H and O–H groups in total. The molecule has 49 heavy (non-hydrogen) atoms. The van der Waals surface area contributed by atoms with Gasteiger partial charge in [-0.05, 0) is 92.2 Å². The Morgan fingerprint density at radius 1 is 0.755 bits per heavy atom. The van der Waals surface area contributed by atoms with Crippen LogP contribution in [-0.2, 0) is 14.8 Å². The number of rotatable bonds is 14. The first kappa shape index (κ1) is 34.6. The Morgan fingerprint density at radius 3 is 1.76 bits per heavy atom. The molecular weight excluding hydrogens is 609 g/mol. The smallest absolute Gasteiger partial charge is 0.457 e. The highest BCUT2D eigenvalue weighted by atomic mass is 16.7. The molecule has 0 saturated carbocycles. The number of aromatic nitrogens is 4. The van der Waals surface area contributed by atoms with Gasteiger partial charge in [0, 0.05) is 0 Å². The van der Waals surface area contributed by atoms with Gasteiger partial charge in [0.25, 0.3) is 0 Å². The monoisotopic (exact) mass is 657 g/mol. The van der Waals surface area contributed by atoms with E-state index < -0.39 is 5.54 Å². The van der Waals surface area contributed by atoms with Crippen LogP contribution in [0.1, 0.15) is 94.0 Å². The molecule has 0 spiro atoms. The lowest BCUT2D eigenvalue weighted by molar-refractivity contribution is 0.00578. The zero-order chi connectivity index (χ0) is 34.5. The number of benzene rings is 4. The van der Waals surface area contributed by atoms with Gasteiger partial charge in [0.15, 0.2) is 5.82 Å². The summed E-state index contributed by atoms with van der Waals surface area (Å²) in [7, 11) is 1.45. The van der Waals surface area contributed by atoms with Crippen LogP contribution in [0, 0.1) is 0 Å². The van der Waals surface area contributed by atoms with Gasteiger partial charge in [0.1, 0.15) is 5.75 Å². The minimum Gasteiger partial charge on any atom is -0.497 e. The third-order valence-electron chi connectivity index (χ3n) is 10.3. The molecule has 5 aromatic rings. The second kappa shape index (κ2) is 14.7. The predicted molar refractivity (Wildman–Crippen MR) is 194 cm³/mol. The van der Waals surface area contributed by atoms with Crippen molar-refractivity contribution >= 4 is 7.12 Å². The van der Waals surface area contributed by atoms with E-state index in [2.05, 4.69) is 153 Å². The van der Waals surface area contributed by atoms with E-state index in [9.17, 15) is 0 Å². The number of hydrogen-bond donors (Lipinski definition) is 1. The van der Waals surface area contributed by atoms with Crippen molar-refractivity contribution in [2.45, 2.75) is 89.0 Å². The number of nitrogens with zero attached hydrogens (tertiary/aromatic N) is 4. The van der Waals surface area contributed by atoms with Crippen molar-refractivity contribution in [1.82, 2.24) is 25.5 Å². The highest BCUT2D eigenvalue weighted by Gasteiger charge is 2.50. The van der Waals surface area contributed by atoms with E-state index in [0.717, 1.165) is 59.4 Å². The molecule has 254 valence electrons. The molecule has 4 aromatic carbocycles. The van der Waals surface area contributed by atoms with Crippen molar-refractivity contribution in [1.29, 1.82) is 0 Å². The maximum absolute atomic E-state index is 6.33. The first-order valence-electron chi connectivity index (χ1n) is 17.4. The molecule has 1 aliphatic rings. The second-order valence-electron chi connectivity index (χ2n) is 13.9. The Balaban J connectivity index is 1.39. The van der Waals surface area contributed by atoms with Gasteiger partial charge >= 0.3 is 7.12 Å². The SMILES string of the molecule is COc1ccc(C(C)n2nnnc2C(CCCCB2OC(C)(C)C(C)(C)O2)NC(c2ccccc2)(c2ccccc2)c2ccccc2)cc1. The van der Waals surface area contributed by atoms with Crippen molar-refractivity contribution < 1.29 is 14.0 Å². The number of tetrazole rings is 1. The van der Waals surface area contributed by atoms with Gasteiger partial charge in [-0.25, -0.2) is 4.68 Å². The number of hydrogen-bond acceptors (Lipinski definition) is 7. The molecule has 0 aliphatic carbocycles. The standard InChI is InChI=1S/C40H48BN5O3/c1-30(31-25-27-35(47-6)28-26-31)46-37(43-44-45-46)36(24-16-17-29-41-48-38(2,3)39(4,5)49-41)42-40(32-18-10-7-11-19-32,33-20-12-8-13-21-33)34-22-14-9-15-23-34/h7-15,18-23,25-28,30,36,42H,16-17,24,29H2,1-6H3. The molecule has 2 heterocycles. The summed E-state index contributed by atoms with van der Waals surface area (Å²) >= 11 is 0. The Bertz CT molecular complexity index is 1650. The predicted octanol–water partition coefficient (Wildman–Crippen LogP) is 8.18. The van der Waals surface area contributed by atoms with Crippen LogP contribution in [0.5, 0.6) is 5.75 Å². The summed E-state index contributed by atoms with van der Waals surface area (Å²) in [5.41, 5.74) is 3.12. The number of unbranched alkanes of at least 4 members (excludes halogenated alkanes) is 1. The molecule has 1 saturated heterocycles. The van der Waals surface area contributed by atoms with E-state index >= 15 is 0 Å². The van der Waals surface area contributed by atoms with E-state index in [0.29, 0.717) is 0 Å². The maximum Gasteiger partial charge on any atom is 0.457 e. The summed E-state index contributed by atoms with van der Waals surface area (Å²) in [6.45, 7) is 10.6. The van der Waals surface area contributed by atoms with Crippen LogP contribution in [0.4, 0.5) is 0 Å². The third-order valence-corrected chi connectivity index (χ3v) is 10.3. The summed E-state index contributed by atoms with van der Waals surface area (Å²) in [5, 5.41) is 17.7. The molecular formula is C40H48BN5O3. The van der Waals surface area contributed by atoms with Gasteiger partial charge in [-0.3, -0.25) is 5.32 Å². The fourth-order valence-corrected chi connectivity index (χ4v) is 6.81. The molecule has 9 heteroatoms. The van der Waals surface area contributed by atoms with Gasteiger partial charge in [0.05, 0.1) is 35.9 Å². The van der Waals surface area contributed by atoms with Crippen molar-refractivity contribution in [2.24, 2.45) is 0 Å². The summed E-state index contributed by atoms with van der Waals surface area (Å²) in [4.78, 5) is 0. The fourth-order valence-electron chi connectivity index (χ4n) is 6.81. The highest BCUT2D eigenvalue weighted by Crippen LogP contribution is 2.41. The van der Waals surface area contributed by atoms with Crippen molar-refractivity contribution in [3.05, 3.63) is 143 Å². The van der Waals surface area contributed by atoms with Crippen molar-refractivity contribution in [3.8, 4) is 5.75 Å². The van der Waals surface area contributed by atoms with Crippen LogP contribution in [0.25, 0.3) is 0 Å². The minimum absolute atomic E-state index is 0.107. The molecule has 6 rings (SSSR count). The van der Waals surface area contributed by atoms with Gasteiger partial charge in [-0.1, -0.05) is 116 Å². The van der Waals surface area contributed by atoms with Gasteiger partial charge in [0.2, 0.25) is 0 Å². The normalized spacial score (nSPS) is 16.7.